The zero-order valence-corrected chi connectivity index (χ0v) is 13.7. The van der Waals surface area contributed by atoms with Gasteiger partial charge in [-0.15, -0.1) is 11.8 Å². The Balaban J connectivity index is 1.95. The Kier molecular flexibility index (Phi) is 3.50. The number of para-hydroxylation sites is 1. The van der Waals surface area contributed by atoms with E-state index in [0.29, 0.717) is 11.6 Å². The van der Waals surface area contributed by atoms with Crippen LogP contribution >= 0.6 is 11.8 Å². The summed E-state index contributed by atoms with van der Waals surface area (Å²) in [5.74, 6) is 1.49. The van der Waals surface area contributed by atoms with E-state index < -0.39 is 0 Å². The molecule has 0 saturated carbocycles. The van der Waals surface area contributed by atoms with Crippen molar-refractivity contribution in [1.29, 1.82) is 0 Å². The van der Waals surface area contributed by atoms with E-state index in [2.05, 4.69) is 29.0 Å². The predicted molar refractivity (Wildman–Crippen MR) is 93.7 cm³/mol. The van der Waals surface area contributed by atoms with Gasteiger partial charge < -0.3 is 4.42 Å². The quantitative estimate of drug-likeness (QED) is 0.504. The Hall–Kier alpha value is -2.40. The lowest BCUT2D eigenvalue weighted by Gasteiger charge is -2.06. The van der Waals surface area contributed by atoms with E-state index >= 15 is 0 Å². The second-order valence-corrected chi connectivity index (χ2v) is 6.62. The lowest BCUT2D eigenvalue weighted by Crippen LogP contribution is -1.90. The number of oxazole rings is 1. The number of thioether (sulfide) groups is 1. The van der Waals surface area contributed by atoms with Gasteiger partial charge >= 0.3 is 0 Å². The van der Waals surface area contributed by atoms with Crippen LogP contribution in [0.25, 0.3) is 33.7 Å². The maximum atomic E-state index is 5.85. The van der Waals surface area contributed by atoms with Crippen molar-refractivity contribution in [2.75, 3.05) is 5.75 Å². The summed E-state index contributed by atoms with van der Waals surface area (Å²) in [7, 11) is 0. The van der Waals surface area contributed by atoms with Gasteiger partial charge in [-0.2, -0.15) is 0 Å². The van der Waals surface area contributed by atoms with Crippen LogP contribution in [-0.2, 0) is 0 Å². The molecule has 0 aliphatic heterocycles. The van der Waals surface area contributed by atoms with Crippen molar-refractivity contribution in [3.05, 3.63) is 48.2 Å². The molecule has 3 aromatic heterocycles. The van der Waals surface area contributed by atoms with Crippen LogP contribution in [0, 0.1) is 6.92 Å². The highest BCUT2D eigenvalue weighted by atomic mass is 32.2. The van der Waals surface area contributed by atoms with E-state index in [0.717, 1.165) is 38.3 Å². The van der Waals surface area contributed by atoms with Gasteiger partial charge in [-0.25, -0.2) is 15.0 Å². The summed E-state index contributed by atoms with van der Waals surface area (Å²) in [5.41, 5.74) is 4.10. The number of aryl methyl sites for hydroxylation is 1. The molecule has 1 aromatic carbocycles. The largest absolute Gasteiger partial charge is 0.416 e. The lowest BCUT2D eigenvalue weighted by molar-refractivity contribution is 0.603. The Bertz CT molecular complexity index is 1010. The van der Waals surface area contributed by atoms with Crippen molar-refractivity contribution in [2.24, 2.45) is 0 Å². The molecule has 0 atom stereocenters. The molecule has 4 nitrogen and oxygen atoms in total. The number of hydrogen-bond donors (Lipinski definition) is 0. The molecule has 5 heteroatoms. The van der Waals surface area contributed by atoms with E-state index in [9.17, 15) is 0 Å². The molecule has 0 N–H and O–H groups in total. The first-order valence-electron chi connectivity index (χ1n) is 7.51. The van der Waals surface area contributed by atoms with Crippen LogP contribution in [0.3, 0.4) is 0 Å². The van der Waals surface area contributed by atoms with E-state index in [1.807, 2.05) is 31.2 Å². The number of rotatable bonds is 3. The molecule has 0 amide bonds. The number of benzene rings is 1. The van der Waals surface area contributed by atoms with E-state index in [1.54, 1.807) is 18.0 Å². The second kappa shape index (κ2) is 5.66. The molecule has 3 heterocycles. The molecule has 0 fully saturated rings. The molecule has 0 unspecified atom stereocenters. The molecule has 23 heavy (non-hydrogen) atoms. The molecular formula is C18H15N3OS. The fraction of sp³-hybridized carbons (Fsp3) is 0.167. The zero-order chi connectivity index (χ0) is 15.8. The molecule has 114 valence electrons. The SMILES string of the molecule is CCSc1cc2ccccc2nc1-c1nc2cc(C)cnc2o1. The maximum absolute atomic E-state index is 5.85. The van der Waals surface area contributed by atoms with Crippen molar-refractivity contribution >= 4 is 33.9 Å². The van der Waals surface area contributed by atoms with Crippen LogP contribution in [0.5, 0.6) is 0 Å². The molecule has 0 spiro atoms. The summed E-state index contributed by atoms with van der Waals surface area (Å²) in [4.78, 5) is 14.7. The highest BCUT2D eigenvalue weighted by Gasteiger charge is 2.16. The van der Waals surface area contributed by atoms with Gasteiger partial charge in [-0.3, -0.25) is 0 Å². The topological polar surface area (TPSA) is 51.8 Å². The first kappa shape index (κ1) is 14.2. The normalized spacial score (nSPS) is 11.4. The van der Waals surface area contributed by atoms with Crippen LogP contribution < -0.4 is 0 Å². The highest BCUT2D eigenvalue weighted by Crippen LogP contribution is 2.33. The summed E-state index contributed by atoms with van der Waals surface area (Å²) >= 11 is 1.74. The van der Waals surface area contributed by atoms with Gasteiger partial charge in [0.1, 0.15) is 11.2 Å². The molecule has 0 aliphatic carbocycles. The number of hydrogen-bond acceptors (Lipinski definition) is 5. The number of nitrogens with zero attached hydrogens (tertiary/aromatic N) is 3. The average molecular weight is 321 g/mol. The molecule has 0 saturated heterocycles. The number of pyridine rings is 2. The molecule has 4 aromatic rings. The molecule has 4 rings (SSSR count). The van der Waals surface area contributed by atoms with Gasteiger partial charge in [0.2, 0.25) is 11.6 Å². The Morgan fingerprint density at radius 1 is 1.09 bits per heavy atom. The van der Waals surface area contributed by atoms with Crippen LogP contribution in [0.4, 0.5) is 0 Å². The standard InChI is InChI=1S/C18H15N3OS/c1-3-23-15-9-12-6-4-5-7-13(12)20-16(15)18-21-14-8-11(2)10-19-17(14)22-18/h4-10H,3H2,1-2H3. The van der Waals surface area contributed by atoms with E-state index in [1.165, 1.54) is 0 Å². The minimum atomic E-state index is 0.528. The minimum absolute atomic E-state index is 0.528. The number of fused-ring (bicyclic) bond motifs is 2. The van der Waals surface area contributed by atoms with E-state index in [-0.39, 0.29) is 0 Å². The monoisotopic (exact) mass is 321 g/mol. The number of aromatic nitrogens is 3. The minimum Gasteiger partial charge on any atom is -0.416 e. The highest BCUT2D eigenvalue weighted by molar-refractivity contribution is 7.99. The predicted octanol–water partition coefficient (Wildman–Crippen LogP) is 4.86. The third kappa shape index (κ3) is 2.57. The van der Waals surface area contributed by atoms with Gasteiger partial charge in [-0.1, -0.05) is 25.1 Å². The van der Waals surface area contributed by atoms with Crippen LogP contribution in [-0.4, -0.2) is 20.7 Å². The van der Waals surface area contributed by atoms with Crippen molar-refractivity contribution in [2.45, 2.75) is 18.7 Å². The van der Waals surface area contributed by atoms with Crippen LogP contribution in [0.15, 0.2) is 51.9 Å². The molecular weight excluding hydrogens is 306 g/mol. The van der Waals surface area contributed by atoms with Gasteiger partial charge in [0.05, 0.1) is 5.52 Å². The van der Waals surface area contributed by atoms with Crippen molar-refractivity contribution in [3.63, 3.8) is 0 Å². The van der Waals surface area contributed by atoms with Gasteiger partial charge in [0, 0.05) is 16.5 Å². The summed E-state index contributed by atoms with van der Waals surface area (Å²) in [6, 6.07) is 12.2. The average Bonchev–Trinajstić information content (AvgIpc) is 2.97. The van der Waals surface area contributed by atoms with Gasteiger partial charge in [0.15, 0.2) is 0 Å². The first-order valence-corrected chi connectivity index (χ1v) is 8.49. The fourth-order valence-corrected chi connectivity index (χ4v) is 3.33. The van der Waals surface area contributed by atoms with E-state index in [4.69, 9.17) is 9.40 Å². The van der Waals surface area contributed by atoms with Crippen LogP contribution in [0.1, 0.15) is 12.5 Å². The van der Waals surface area contributed by atoms with Crippen molar-refractivity contribution < 1.29 is 4.42 Å². The smallest absolute Gasteiger partial charge is 0.249 e. The van der Waals surface area contributed by atoms with Crippen molar-refractivity contribution in [3.8, 4) is 11.6 Å². The fourth-order valence-electron chi connectivity index (χ4n) is 2.54. The molecule has 0 bridgehead atoms. The Morgan fingerprint density at radius 2 is 1.96 bits per heavy atom. The lowest BCUT2D eigenvalue weighted by atomic mass is 10.2. The third-order valence-electron chi connectivity index (χ3n) is 3.58. The second-order valence-electron chi connectivity index (χ2n) is 5.32. The summed E-state index contributed by atoms with van der Waals surface area (Å²) < 4.78 is 5.85. The van der Waals surface area contributed by atoms with Gasteiger partial charge in [0.25, 0.3) is 0 Å². The Morgan fingerprint density at radius 3 is 2.83 bits per heavy atom. The third-order valence-corrected chi connectivity index (χ3v) is 4.49. The summed E-state index contributed by atoms with van der Waals surface area (Å²) in [5, 5.41) is 1.12. The zero-order valence-electron chi connectivity index (χ0n) is 12.9. The summed E-state index contributed by atoms with van der Waals surface area (Å²) in [6.07, 6.45) is 1.78. The van der Waals surface area contributed by atoms with Crippen LogP contribution in [0.2, 0.25) is 0 Å². The molecule has 0 aliphatic rings. The van der Waals surface area contributed by atoms with Gasteiger partial charge in [-0.05, 0) is 36.4 Å². The Labute approximate surface area is 138 Å². The molecule has 0 radical (unpaired) electrons. The summed E-state index contributed by atoms with van der Waals surface area (Å²) in [6.45, 7) is 4.12. The maximum Gasteiger partial charge on any atom is 0.249 e. The first-order chi connectivity index (χ1) is 11.2. The van der Waals surface area contributed by atoms with Crippen molar-refractivity contribution in [1.82, 2.24) is 15.0 Å².